The van der Waals surface area contributed by atoms with Gasteiger partial charge in [0.25, 0.3) is 0 Å². The molecule has 6 heteroatoms. The van der Waals surface area contributed by atoms with Crippen molar-refractivity contribution in [3.05, 3.63) is 41.3 Å². The summed E-state index contributed by atoms with van der Waals surface area (Å²) in [5.74, 6) is 0.755. The number of pyridine rings is 1. The average Bonchev–Trinajstić information content (AvgIpc) is 2.80. The van der Waals surface area contributed by atoms with Gasteiger partial charge < -0.3 is 5.32 Å². The summed E-state index contributed by atoms with van der Waals surface area (Å²) < 4.78 is 13.7. The molecule has 0 radical (unpaired) electrons. The van der Waals surface area contributed by atoms with Crippen molar-refractivity contribution < 1.29 is 4.39 Å². The largest absolute Gasteiger partial charge is 0.368 e. The standard InChI is InChI=1S/C12H14ClFN4/c13-11-2-1-10(9-16-11)3-6-15-12-4-7-18(17-12)8-5-14/h1-2,4,7,9H,3,5-6,8H2,(H,15,17). The molecule has 0 saturated carbocycles. The number of anilines is 1. The summed E-state index contributed by atoms with van der Waals surface area (Å²) in [6.07, 6.45) is 4.34. The van der Waals surface area contributed by atoms with Gasteiger partial charge in [0, 0.05) is 25.0 Å². The van der Waals surface area contributed by atoms with Gasteiger partial charge in [-0.2, -0.15) is 5.10 Å². The zero-order valence-electron chi connectivity index (χ0n) is 9.81. The summed E-state index contributed by atoms with van der Waals surface area (Å²) in [4.78, 5) is 4.01. The minimum atomic E-state index is -0.405. The third-order valence-electron chi connectivity index (χ3n) is 2.46. The summed E-state index contributed by atoms with van der Waals surface area (Å²) in [5.41, 5.74) is 1.11. The molecule has 0 amide bonds. The van der Waals surface area contributed by atoms with E-state index in [0.29, 0.717) is 11.7 Å². The van der Waals surface area contributed by atoms with Crippen molar-refractivity contribution in [1.29, 1.82) is 0 Å². The highest BCUT2D eigenvalue weighted by molar-refractivity contribution is 6.29. The molecule has 0 bridgehead atoms. The first kappa shape index (κ1) is 12.8. The van der Waals surface area contributed by atoms with Gasteiger partial charge in [-0.15, -0.1) is 0 Å². The maximum absolute atomic E-state index is 12.1. The first-order valence-electron chi connectivity index (χ1n) is 5.71. The number of nitrogens with zero attached hydrogens (tertiary/aromatic N) is 3. The monoisotopic (exact) mass is 268 g/mol. The van der Waals surface area contributed by atoms with E-state index >= 15 is 0 Å². The van der Waals surface area contributed by atoms with E-state index in [9.17, 15) is 4.39 Å². The van der Waals surface area contributed by atoms with E-state index < -0.39 is 6.67 Å². The van der Waals surface area contributed by atoms with Crippen LogP contribution >= 0.6 is 11.6 Å². The zero-order valence-corrected chi connectivity index (χ0v) is 10.6. The van der Waals surface area contributed by atoms with Crippen LogP contribution in [-0.2, 0) is 13.0 Å². The number of aryl methyl sites for hydroxylation is 1. The molecular formula is C12H14ClFN4. The Morgan fingerprint density at radius 3 is 2.94 bits per heavy atom. The number of rotatable bonds is 6. The van der Waals surface area contributed by atoms with Crippen LogP contribution in [0.5, 0.6) is 0 Å². The molecule has 96 valence electrons. The molecule has 0 aliphatic carbocycles. The topological polar surface area (TPSA) is 42.7 Å². The van der Waals surface area contributed by atoms with E-state index in [1.807, 2.05) is 12.1 Å². The summed E-state index contributed by atoms with van der Waals surface area (Å²) in [6.45, 7) is 0.635. The van der Waals surface area contributed by atoms with Gasteiger partial charge in [0.15, 0.2) is 0 Å². The van der Waals surface area contributed by atoms with Crippen molar-refractivity contribution in [2.75, 3.05) is 18.5 Å². The second kappa shape index (κ2) is 6.35. The Morgan fingerprint density at radius 2 is 2.22 bits per heavy atom. The lowest BCUT2D eigenvalue weighted by Crippen LogP contribution is -2.07. The summed E-state index contributed by atoms with van der Waals surface area (Å²) in [7, 11) is 0. The third-order valence-corrected chi connectivity index (χ3v) is 2.69. The van der Waals surface area contributed by atoms with E-state index in [1.54, 1.807) is 23.1 Å². The fraction of sp³-hybridized carbons (Fsp3) is 0.333. The molecule has 2 heterocycles. The van der Waals surface area contributed by atoms with E-state index in [4.69, 9.17) is 11.6 Å². The van der Waals surface area contributed by atoms with Gasteiger partial charge in [-0.1, -0.05) is 17.7 Å². The van der Waals surface area contributed by atoms with Gasteiger partial charge in [0.2, 0.25) is 0 Å². The minimum absolute atomic E-state index is 0.294. The molecule has 1 N–H and O–H groups in total. The lowest BCUT2D eigenvalue weighted by Gasteiger charge is -2.03. The molecule has 2 aromatic heterocycles. The van der Waals surface area contributed by atoms with E-state index in [2.05, 4.69) is 15.4 Å². The zero-order chi connectivity index (χ0) is 12.8. The fourth-order valence-corrected chi connectivity index (χ4v) is 1.67. The molecule has 0 atom stereocenters. The van der Waals surface area contributed by atoms with Crippen LogP contribution in [0.15, 0.2) is 30.6 Å². The molecule has 4 nitrogen and oxygen atoms in total. The summed E-state index contributed by atoms with van der Waals surface area (Å²) >= 11 is 5.70. The SMILES string of the molecule is FCCn1ccc(NCCc2ccc(Cl)nc2)n1. The Kier molecular flexibility index (Phi) is 4.52. The predicted molar refractivity (Wildman–Crippen MR) is 69.6 cm³/mol. The molecule has 0 aliphatic heterocycles. The lowest BCUT2D eigenvalue weighted by atomic mass is 10.2. The van der Waals surface area contributed by atoms with Crippen LogP contribution in [0.1, 0.15) is 5.56 Å². The van der Waals surface area contributed by atoms with Crippen molar-refractivity contribution in [3.63, 3.8) is 0 Å². The molecule has 0 saturated heterocycles. The number of hydrogen-bond donors (Lipinski definition) is 1. The van der Waals surface area contributed by atoms with Gasteiger partial charge in [-0.05, 0) is 18.1 Å². The molecule has 0 aromatic carbocycles. The van der Waals surface area contributed by atoms with Crippen molar-refractivity contribution in [3.8, 4) is 0 Å². The second-order valence-electron chi connectivity index (χ2n) is 3.82. The Hall–Kier alpha value is -1.62. The van der Waals surface area contributed by atoms with Crippen molar-refractivity contribution in [2.45, 2.75) is 13.0 Å². The molecule has 18 heavy (non-hydrogen) atoms. The van der Waals surface area contributed by atoms with Crippen LogP contribution in [0.4, 0.5) is 10.2 Å². The van der Waals surface area contributed by atoms with E-state index in [0.717, 1.165) is 24.3 Å². The number of hydrogen-bond acceptors (Lipinski definition) is 3. The second-order valence-corrected chi connectivity index (χ2v) is 4.21. The van der Waals surface area contributed by atoms with Crippen molar-refractivity contribution in [2.24, 2.45) is 0 Å². The molecule has 0 aliphatic rings. The van der Waals surface area contributed by atoms with Crippen molar-refractivity contribution >= 4 is 17.4 Å². The number of alkyl halides is 1. The third kappa shape index (κ3) is 3.70. The first-order chi connectivity index (χ1) is 8.78. The Bertz CT molecular complexity index is 483. The molecule has 2 aromatic rings. The van der Waals surface area contributed by atoms with Gasteiger partial charge in [0.05, 0.1) is 6.54 Å². The lowest BCUT2D eigenvalue weighted by molar-refractivity contribution is 0.427. The number of halogens is 2. The highest BCUT2D eigenvalue weighted by atomic mass is 35.5. The maximum Gasteiger partial charge on any atom is 0.147 e. The minimum Gasteiger partial charge on any atom is -0.368 e. The van der Waals surface area contributed by atoms with Crippen LogP contribution in [0, 0.1) is 0 Å². The van der Waals surface area contributed by atoms with Gasteiger partial charge in [-0.3, -0.25) is 4.68 Å². The summed E-state index contributed by atoms with van der Waals surface area (Å²) in [6, 6.07) is 5.54. The van der Waals surface area contributed by atoms with Crippen molar-refractivity contribution in [1.82, 2.24) is 14.8 Å². The van der Waals surface area contributed by atoms with Crippen LogP contribution in [0.3, 0.4) is 0 Å². The Balaban J connectivity index is 1.79. The highest BCUT2D eigenvalue weighted by Gasteiger charge is 1.99. The number of nitrogens with one attached hydrogen (secondary N) is 1. The fourth-order valence-electron chi connectivity index (χ4n) is 1.56. The molecular weight excluding hydrogens is 255 g/mol. The van der Waals surface area contributed by atoms with E-state index in [-0.39, 0.29) is 0 Å². The first-order valence-corrected chi connectivity index (χ1v) is 6.09. The quantitative estimate of drug-likeness (QED) is 0.819. The molecule has 0 spiro atoms. The molecule has 0 fully saturated rings. The van der Waals surface area contributed by atoms with Crippen LogP contribution in [0.2, 0.25) is 5.15 Å². The maximum atomic E-state index is 12.1. The van der Waals surface area contributed by atoms with Crippen LogP contribution < -0.4 is 5.32 Å². The Labute approximate surface area is 110 Å². The highest BCUT2D eigenvalue weighted by Crippen LogP contribution is 2.07. The summed E-state index contributed by atoms with van der Waals surface area (Å²) in [5, 5.41) is 7.84. The Morgan fingerprint density at radius 1 is 1.33 bits per heavy atom. The normalized spacial score (nSPS) is 10.6. The average molecular weight is 269 g/mol. The van der Waals surface area contributed by atoms with Crippen LogP contribution in [-0.4, -0.2) is 28.0 Å². The number of aromatic nitrogens is 3. The van der Waals surface area contributed by atoms with Gasteiger partial charge in [-0.25, -0.2) is 9.37 Å². The molecule has 0 unspecified atom stereocenters. The predicted octanol–water partition coefficient (Wildman–Crippen LogP) is 2.56. The molecule has 2 rings (SSSR count). The van der Waals surface area contributed by atoms with Gasteiger partial charge >= 0.3 is 0 Å². The smallest absolute Gasteiger partial charge is 0.147 e. The van der Waals surface area contributed by atoms with E-state index in [1.165, 1.54) is 0 Å². The van der Waals surface area contributed by atoms with Gasteiger partial charge in [0.1, 0.15) is 17.6 Å². The van der Waals surface area contributed by atoms with Crippen LogP contribution in [0.25, 0.3) is 0 Å².